The van der Waals surface area contributed by atoms with Crippen molar-refractivity contribution in [1.29, 1.82) is 0 Å². The molecule has 0 unspecified atom stereocenters. The number of methoxy groups -OCH3 is 2. The number of nitrogens with zero attached hydrogens (tertiary/aromatic N) is 2. The molecule has 2 heterocycles. The van der Waals surface area contributed by atoms with Gasteiger partial charge in [0, 0.05) is 12.1 Å². The van der Waals surface area contributed by atoms with Gasteiger partial charge in [0.25, 0.3) is 0 Å². The third-order valence-corrected chi connectivity index (χ3v) is 5.89. The van der Waals surface area contributed by atoms with Crippen LogP contribution in [0, 0.1) is 0 Å². The number of nitrogens with one attached hydrogen (secondary N) is 1. The molecule has 0 aliphatic heterocycles. The van der Waals surface area contributed by atoms with Gasteiger partial charge in [-0.25, -0.2) is 9.97 Å². The van der Waals surface area contributed by atoms with Crippen LogP contribution in [0.5, 0.6) is 11.5 Å². The van der Waals surface area contributed by atoms with Crippen molar-refractivity contribution in [2.75, 3.05) is 25.3 Å². The number of anilines is 1. The van der Waals surface area contributed by atoms with Gasteiger partial charge in [0.05, 0.1) is 41.3 Å². The highest BCUT2D eigenvalue weighted by molar-refractivity contribution is 7.99. The Labute approximate surface area is 188 Å². The average molecular weight is 490 g/mol. The van der Waals surface area contributed by atoms with Crippen LogP contribution in [-0.2, 0) is 11.0 Å². The monoisotopic (exact) mass is 489 g/mol. The van der Waals surface area contributed by atoms with Crippen LogP contribution in [-0.4, -0.2) is 35.8 Å². The fraction of sp³-hybridized carbons (Fsp3) is 0.211. The van der Waals surface area contributed by atoms with Crippen molar-refractivity contribution in [2.45, 2.75) is 11.3 Å². The van der Waals surface area contributed by atoms with Gasteiger partial charge in [0.2, 0.25) is 5.91 Å². The molecular formula is C19H15ClF3N3O3S2. The van der Waals surface area contributed by atoms with Crippen molar-refractivity contribution in [3.05, 3.63) is 46.4 Å². The Morgan fingerprint density at radius 3 is 2.55 bits per heavy atom. The molecule has 2 aromatic heterocycles. The quantitative estimate of drug-likeness (QED) is 0.343. The van der Waals surface area contributed by atoms with Gasteiger partial charge < -0.3 is 14.8 Å². The summed E-state index contributed by atoms with van der Waals surface area (Å²) in [5.41, 5.74) is -0.624. The van der Waals surface area contributed by atoms with E-state index in [4.69, 9.17) is 21.1 Å². The highest BCUT2D eigenvalue weighted by atomic mass is 35.5. The summed E-state index contributed by atoms with van der Waals surface area (Å²) in [7, 11) is 2.83. The van der Waals surface area contributed by atoms with Gasteiger partial charge in [-0.1, -0.05) is 29.4 Å². The van der Waals surface area contributed by atoms with E-state index >= 15 is 0 Å². The number of rotatable bonds is 7. The number of thiophene rings is 1. The molecule has 6 nitrogen and oxygen atoms in total. The molecule has 0 saturated carbocycles. The van der Waals surface area contributed by atoms with Crippen molar-refractivity contribution in [3.8, 4) is 22.1 Å². The molecule has 3 aromatic rings. The molecule has 0 aliphatic rings. The number of amides is 1. The zero-order valence-corrected chi connectivity index (χ0v) is 18.5. The lowest BCUT2D eigenvalue weighted by molar-refractivity contribution is -0.141. The minimum Gasteiger partial charge on any atom is -0.495 e. The first kappa shape index (κ1) is 23.2. The number of halogens is 4. The highest BCUT2D eigenvalue weighted by Crippen LogP contribution is 2.36. The third kappa shape index (κ3) is 5.81. The van der Waals surface area contributed by atoms with Crippen molar-refractivity contribution in [1.82, 2.24) is 9.97 Å². The molecule has 1 aromatic carbocycles. The summed E-state index contributed by atoms with van der Waals surface area (Å²) in [4.78, 5) is 20.7. The number of carbonyl (C=O) groups excluding carboxylic acids is 1. The van der Waals surface area contributed by atoms with E-state index in [-0.39, 0.29) is 16.6 Å². The maximum atomic E-state index is 13.3. The smallest absolute Gasteiger partial charge is 0.433 e. The molecule has 31 heavy (non-hydrogen) atoms. The summed E-state index contributed by atoms with van der Waals surface area (Å²) in [6, 6.07) is 7.23. The summed E-state index contributed by atoms with van der Waals surface area (Å²) >= 11 is 8.08. The molecule has 12 heteroatoms. The lowest BCUT2D eigenvalue weighted by Crippen LogP contribution is -2.16. The van der Waals surface area contributed by atoms with Crippen LogP contribution in [0.4, 0.5) is 18.9 Å². The van der Waals surface area contributed by atoms with Crippen molar-refractivity contribution in [2.24, 2.45) is 0 Å². The van der Waals surface area contributed by atoms with Crippen molar-refractivity contribution >= 4 is 46.3 Å². The molecule has 0 radical (unpaired) electrons. The SMILES string of the molecule is COc1cc(NC(=O)CSc2nc(-c3cccs3)cc(C(F)(F)F)n2)c(OC)cc1Cl. The van der Waals surface area contributed by atoms with Crippen molar-refractivity contribution < 1.29 is 27.4 Å². The fourth-order valence-electron chi connectivity index (χ4n) is 2.46. The van der Waals surface area contributed by atoms with Gasteiger partial charge in [-0.2, -0.15) is 13.2 Å². The molecule has 1 N–H and O–H groups in total. The number of hydrogen-bond acceptors (Lipinski definition) is 7. The predicted molar refractivity (Wildman–Crippen MR) is 114 cm³/mol. The number of carbonyl (C=O) groups is 1. The molecule has 0 saturated heterocycles. The number of aromatic nitrogens is 2. The summed E-state index contributed by atoms with van der Waals surface area (Å²) in [5.74, 6) is -0.0859. The van der Waals surface area contributed by atoms with E-state index in [1.54, 1.807) is 17.5 Å². The number of ether oxygens (including phenoxy) is 2. The number of benzene rings is 1. The summed E-state index contributed by atoms with van der Waals surface area (Å²) < 4.78 is 50.1. The van der Waals surface area contributed by atoms with Gasteiger partial charge in [0.1, 0.15) is 17.2 Å². The second-order valence-electron chi connectivity index (χ2n) is 5.92. The Bertz CT molecular complexity index is 1080. The number of hydrogen-bond donors (Lipinski definition) is 1. The fourth-order valence-corrected chi connectivity index (χ4v) is 4.04. The van der Waals surface area contributed by atoms with E-state index in [0.29, 0.717) is 27.1 Å². The maximum absolute atomic E-state index is 13.3. The molecule has 0 spiro atoms. The predicted octanol–water partition coefficient (Wildman–Crippen LogP) is 5.63. The van der Waals surface area contributed by atoms with Crippen LogP contribution in [0.3, 0.4) is 0 Å². The first-order valence-electron chi connectivity index (χ1n) is 8.55. The topological polar surface area (TPSA) is 73.3 Å². The van der Waals surface area contributed by atoms with Crippen LogP contribution in [0.1, 0.15) is 5.69 Å². The normalized spacial score (nSPS) is 11.3. The summed E-state index contributed by atoms with van der Waals surface area (Å²) in [6.45, 7) is 0. The van der Waals surface area contributed by atoms with Crippen LogP contribution >= 0.6 is 34.7 Å². The number of thioether (sulfide) groups is 1. The van der Waals surface area contributed by atoms with E-state index in [1.807, 2.05) is 0 Å². The summed E-state index contributed by atoms with van der Waals surface area (Å²) in [5, 5.41) is 4.49. The van der Waals surface area contributed by atoms with Crippen LogP contribution in [0.25, 0.3) is 10.6 Å². The minimum atomic E-state index is -4.64. The molecule has 164 valence electrons. The molecule has 1 amide bonds. The molecule has 0 aliphatic carbocycles. The van der Waals surface area contributed by atoms with Crippen LogP contribution in [0.15, 0.2) is 40.9 Å². The lowest BCUT2D eigenvalue weighted by atomic mass is 10.2. The van der Waals surface area contributed by atoms with Gasteiger partial charge in [-0.15, -0.1) is 11.3 Å². The maximum Gasteiger partial charge on any atom is 0.433 e. The van der Waals surface area contributed by atoms with Crippen molar-refractivity contribution in [3.63, 3.8) is 0 Å². The second kappa shape index (κ2) is 9.75. The molecule has 0 bridgehead atoms. The third-order valence-electron chi connectivity index (χ3n) is 3.85. The average Bonchev–Trinajstić information content (AvgIpc) is 3.27. The Morgan fingerprint density at radius 1 is 1.19 bits per heavy atom. The van der Waals surface area contributed by atoms with E-state index in [2.05, 4.69) is 15.3 Å². The Kier molecular flexibility index (Phi) is 7.29. The Hall–Kier alpha value is -2.50. The van der Waals surface area contributed by atoms with Crippen LogP contribution < -0.4 is 14.8 Å². The van der Waals surface area contributed by atoms with Crippen LogP contribution in [0.2, 0.25) is 5.02 Å². The molecule has 0 fully saturated rings. The summed E-state index contributed by atoms with van der Waals surface area (Å²) in [6.07, 6.45) is -4.64. The minimum absolute atomic E-state index is 0.143. The van der Waals surface area contributed by atoms with Gasteiger partial charge in [0.15, 0.2) is 5.16 Å². The van der Waals surface area contributed by atoms with Gasteiger partial charge in [-0.3, -0.25) is 4.79 Å². The highest BCUT2D eigenvalue weighted by Gasteiger charge is 2.34. The van der Waals surface area contributed by atoms with E-state index in [9.17, 15) is 18.0 Å². The Balaban J connectivity index is 1.78. The zero-order valence-electron chi connectivity index (χ0n) is 16.1. The molecule has 0 atom stereocenters. The molecular weight excluding hydrogens is 475 g/mol. The Morgan fingerprint density at radius 2 is 1.94 bits per heavy atom. The van der Waals surface area contributed by atoms with E-state index in [0.717, 1.165) is 17.8 Å². The zero-order chi connectivity index (χ0) is 22.6. The molecule has 3 rings (SSSR count). The first-order chi connectivity index (χ1) is 14.7. The first-order valence-corrected chi connectivity index (χ1v) is 10.8. The van der Waals surface area contributed by atoms with Gasteiger partial charge in [-0.05, 0) is 17.5 Å². The largest absolute Gasteiger partial charge is 0.495 e. The standard InChI is InChI=1S/C19H15ClF3N3O3S2/c1-28-13-7-11(14(29-2)6-10(13)20)24-17(27)9-31-18-25-12(15-4-3-5-30-15)8-16(26-18)19(21,22)23/h3-8H,9H2,1-2H3,(H,24,27). The lowest BCUT2D eigenvalue weighted by Gasteiger charge is -2.13. The van der Waals surface area contributed by atoms with E-state index in [1.165, 1.54) is 37.7 Å². The number of alkyl halides is 3. The second-order valence-corrected chi connectivity index (χ2v) is 8.22. The van der Waals surface area contributed by atoms with E-state index < -0.39 is 17.8 Å². The van der Waals surface area contributed by atoms with Gasteiger partial charge >= 0.3 is 6.18 Å².